The van der Waals surface area contributed by atoms with E-state index in [1.807, 2.05) is 0 Å². The third-order valence-corrected chi connectivity index (χ3v) is 3.11. The van der Waals surface area contributed by atoms with Crippen LogP contribution >= 0.6 is 46.4 Å². The minimum Gasteiger partial charge on any atom is -0.225 e. The molecule has 82 valence electrons. The topological polar surface area (TPSA) is 25.8 Å². The molecule has 0 aliphatic carbocycles. The molecule has 0 radical (unpaired) electrons. The summed E-state index contributed by atoms with van der Waals surface area (Å²) in [5, 5.41) is 1.44. The van der Waals surface area contributed by atoms with Gasteiger partial charge in [0, 0.05) is 5.56 Å². The Morgan fingerprint density at radius 1 is 0.875 bits per heavy atom. The van der Waals surface area contributed by atoms with Crippen molar-refractivity contribution in [1.82, 2.24) is 9.97 Å². The van der Waals surface area contributed by atoms with E-state index in [4.69, 9.17) is 46.4 Å². The maximum Gasteiger partial charge on any atom is 0.222 e. The molecule has 0 saturated heterocycles. The molecule has 0 saturated carbocycles. The van der Waals surface area contributed by atoms with Crippen molar-refractivity contribution in [3.63, 3.8) is 0 Å². The van der Waals surface area contributed by atoms with Gasteiger partial charge in [-0.15, -0.1) is 0 Å². The summed E-state index contributed by atoms with van der Waals surface area (Å²) < 4.78 is 0. The maximum atomic E-state index is 5.96. The molecule has 6 heteroatoms. The highest BCUT2D eigenvalue weighted by molar-refractivity contribution is 6.42. The highest BCUT2D eigenvalue weighted by Crippen LogP contribution is 2.31. The van der Waals surface area contributed by atoms with Gasteiger partial charge in [-0.25, -0.2) is 9.97 Å². The number of nitrogens with zero attached hydrogens (tertiary/aromatic N) is 2. The molecule has 0 fully saturated rings. The Morgan fingerprint density at radius 2 is 1.62 bits per heavy atom. The van der Waals surface area contributed by atoms with E-state index < -0.39 is 0 Å². The molecule has 0 aliphatic rings. The third kappa shape index (κ3) is 2.41. The Balaban J connectivity index is 2.58. The molecule has 2 nitrogen and oxygen atoms in total. The molecule has 0 spiro atoms. The molecule has 0 amide bonds. The van der Waals surface area contributed by atoms with Crippen LogP contribution in [0.5, 0.6) is 0 Å². The van der Waals surface area contributed by atoms with Crippen molar-refractivity contribution in [1.29, 1.82) is 0 Å². The molecular formula is C10H4Cl4N2. The van der Waals surface area contributed by atoms with Crippen LogP contribution in [0.4, 0.5) is 0 Å². The van der Waals surface area contributed by atoms with Gasteiger partial charge in [-0.05, 0) is 23.7 Å². The van der Waals surface area contributed by atoms with E-state index in [0.717, 1.165) is 5.56 Å². The van der Waals surface area contributed by atoms with Gasteiger partial charge in [0.25, 0.3) is 0 Å². The van der Waals surface area contributed by atoms with E-state index in [9.17, 15) is 0 Å². The lowest BCUT2D eigenvalue weighted by molar-refractivity contribution is 1.17. The zero-order chi connectivity index (χ0) is 11.7. The Morgan fingerprint density at radius 3 is 2.31 bits per heavy atom. The minimum atomic E-state index is 0.130. The molecule has 1 heterocycles. The van der Waals surface area contributed by atoms with Crippen molar-refractivity contribution < 1.29 is 0 Å². The third-order valence-electron chi connectivity index (χ3n) is 1.91. The van der Waals surface area contributed by atoms with Crippen LogP contribution in [0.3, 0.4) is 0 Å². The highest BCUT2D eigenvalue weighted by atomic mass is 35.5. The van der Waals surface area contributed by atoms with Gasteiger partial charge in [0.15, 0.2) is 0 Å². The van der Waals surface area contributed by atoms with Gasteiger partial charge in [-0.3, -0.25) is 0 Å². The van der Waals surface area contributed by atoms with Gasteiger partial charge < -0.3 is 0 Å². The van der Waals surface area contributed by atoms with Crippen molar-refractivity contribution in [2.75, 3.05) is 0 Å². The van der Waals surface area contributed by atoms with E-state index in [1.54, 1.807) is 18.2 Å². The first kappa shape index (κ1) is 11.9. The van der Waals surface area contributed by atoms with Crippen LogP contribution in [-0.4, -0.2) is 9.97 Å². The predicted molar refractivity (Wildman–Crippen MR) is 67.5 cm³/mol. The van der Waals surface area contributed by atoms with Gasteiger partial charge in [0.2, 0.25) is 5.28 Å². The first-order chi connectivity index (χ1) is 7.58. The van der Waals surface area contributed by atoms with E-state index in [-0.39, 0.29) is 5.28 Å². The predicted octanol–water partition coefficient (Wildman–Crippen LogP) is 4.76. The fourth-order valence-corrected chi connectivity index (χ4v) is 1.82. The number of rotatable bonds is 1. The Bertz CT molecular complexity index is 542. The first-order valence-electron chi connectivity index (χ1n) is 4.21. The lowest BCUT2D eigenvalue weighted by Gasteiger charge is -2.04. The van der Waals surface area contributed by atoms with Gasteiger partial charge in [0.05, 0.1) is 27.0 Å². The minimum absolute atomic E-state index is 0.130. The standard InChI is InChI=1S/C10H4Cl4N2/c11-6-2-1-5(3-7(6)12)9-8(13)4-15-10(14)16-9/h1-4H. The van der Waals surface area contributed by atoms with Crippen molar-refractivity contribution in [2.24, 2.45) is 0 Å². The lowest BCUT2D eigenvalue weighted by Crippen LogP contribution is -1.88. The van der Waals surface area contributed by atoms with Crippen molar-refractivity contribution in [3.05, 3.63) is 44.7 Å². The quantitative estimate of drug-likeness (QED) is 0.709. The van der Waals surface area contributed by atoms with Crippen LogP contribution in [-0.2, 0) is 0 Å². The smallest absolute Gasteiger partial charge is 0.222 e. The molecule has 0 unspecified atom stereocenters. The van der Waals surface area contributed by atoms with E-state index in [1.165, 1.54) is 6.20 Å². The second kappa shape index (κ2) is 4.76. The zero-order valence-corrected chi connectivity index (χ0v) is 10.7. The summed E-state index contributed by atoms with van der Waals surface area (Å²) in [5.74, 6) is 0. The molecule has 0 bridgehead atoms. The Labute approximate surface area is 112 Å². The molecule has 16 heavy (non-hydrogen) atoms. The van der Waals surface area contributed by atoms with Gasteiger partial charge in [0.1, 0.15) is 0 Å². The summed E-state index contributed by atoms with van der Waals surface area (Å²) in [6.45, 7) is 0. The Hall–Kier alpha value is -0.540. The number of hydrogen-bond acceptors (Lipinski definition) is 2. The average Bonchev–Trinajstić information content (AvgIpc) is 2.26. The molecular weight excluding hydrogens is 290 g/mol. The molecule has 1 aromatic heterocycles. The fourth-order valence-electron chi connectivity index (χ4n) is 1.19. The van der Waals surface area contributed by atoms with Crippen LogP contribution in [0.25, 0.3) is 11.3 Å². The number of benzene rings is 1. The first-order valence-corrected chi connectivity index (χ1v) is 5.72. The van der Waals surface area contributed by atoms with Crippen LogP contribution in [0.1, 0.15) is 0 Å². The van der Waals surface area contributed by atoms with Crippen molar-refractivity contribution >= 4 is 46.4 Å². The van der Waals surface area contributed by atoms with Crippen molar-refractivity contribution in [2.45, 2.75) is 0 Å². The molecule has 0 aliphatic heterocycles. The van der Waals surface area contributed by atoms with Gasteiger partial charge in [-0.2, -0.15) is 0 Å². The molecule has 1 aromatic carbocycles. The molecule has 0 atom stereocenters. The van der Waals surface area contributed by atoms with Crippen LogP contribution < -0.4 is 0 Å². The summed E-state index contributed by atoms with van der Waals surface area (Å²) in [5.41, 5.74) is 1.27. The average molecular weight is 294 g/mol. The van der Waals surface area contributed by atoms with E-state index >= 15 is 0 Å². The van der Waals surface area contributed by atoms with Gasteiger partial charge >= 0.3 is 0 Å². The monoisotopic (exact) mass is 292 g/mol. The van der Waals surface area contributed by atoms with Crippen molar-refractivity contribution in [3.8, 4) is 11.3 Å². The number of hydrogen-bond donors (Lipinski definition) is 0. The zero-order valence-electron chi connectivity index (χ0n) is 7.72. The largest absolute Gasteiger partial charge is 0.225 e. The van der Waals surface area contributed by atoms with Crippen LogP contribution in [0.15, 0.2) is 24.4 Å². The number of aromatic nitrogens is 2. The normalized spacial score (nSPS) is 10.5. The summed E-state index contributed by atoms with van der Waals surface area (Å²) in [7, 11) is 0. The Kier molecular flexibility index (Phi) is 3.55. The molecule has 0 N–H and O–H groups in total. The van der Waals surface area contributed by atoms with Gasteiger partial charge in [-0.1, -0.05) is 40.9 Å². The highest BCUT2D eigenvalue weighted by Gasteiger charge is 2.08. The summed E-state index contributed by atoms with van der Waals surface area (Å²) in [4.78, 5) is 7.80. The lowest BCUT2D eigenvalue weighted by atomic mass is 10.1. The second-order valence-electron chi connectivity index (χ2n) is 2.96. The van der Waals surface area contributed by atoms with Crippen LogP contribution in [0, 0.1) is 0 Å². The van der Waals surface area contributed by atoms with Crippen LogP contribution in [0.2, 0.25) is 20.4 Å². The second-order valence-corrected chi connectivity index (χ2v) is 4.52. The summed E-state index contributed by atoms with van der Waals surface area (Å²) in [6, 6.07) is 5.11. The van der Waals surface area contributed by atoms with E-state index in [2.05, 4.69) is 9.97 Å². The molecule has 2 aromatic rings. The maximum absolute atomic E-state index is 5.96. The number of halogens is 4. The van der Waals surface area contributed by atoms with E-state index in [0.29, 0.717) is 20.8 Å². The SMILES string of the molecule is Clc1ncc(Cl)c(-c2ccc(Cl)c(Cl)c2)n1. The fraction of sp³-hybridized carbons (Fsp3) is 0. The summed E-state index contributed by atoms with van der Waals surface area (Å²) in [6.07, 6.45) is 1.44. The molecule has 2 rings (SSSR count). The summed E-state index contributed by atoms with van der Waals surface area (Å²) >= 11 is 23.4.